The van der Waals surface area contributed by atoms with Crippen LogP contribution in [0.25, 0.3) is 0 Å². The summed E-state index contributed by atoms with van der Waals surface area (Å²) in [7, 11) is 0. The number of anilines is 1. The topological polar surface area (TPSA) is 74.2 Å². The number of hydrogen-bond donors (Lipinski definition) is 1. The van der Waals surface area contributed by atoms with Gasteiger partial charge in [-0.05, 0) is 18.4 Å². The number of nitrogens with one attached hydrogen (secondary N) is 1. The highest BCUT2D eigenvalue weighted by atomic mass is 16.4. The van der Waals surface area contributed by atoms with Gasteiger partial charge < -0.3 is 4.42 Å². The Morgan fingerprint density at radius 2 is 2.05 bits per heavy atom. The van der Waals surface area contributed by atoms with Gasteiger partial charge in [0.2, 0.25) is 11.6 Å². The maximum Gasteiger partial charge on any atom is 0.252 e. The van der Waals surface area contributed by atoms with E-state index >= 15 is 0 Å². The summed E-state index contributed by atoms with van der Waals surface area (Å²) < 4.78 is 5.63. The van der Waals surface area contributed by atoms with Crippen molar-refractivity contribution in [2.75, 3.05) is 5.43 Å². The normalized spacial score (nSPS) is 11.0. The molecular weight excluding hydrogens is 264 g/mol. The van der Waals surface area contributed by atoms with Gasteiger partial charge in [-0.3, -0.25) is 0 Å². The highest BCUT2D eigenvalue weighted by Crippen LogP contribution is 2.26. The van der Waals surface area contributed by atoms with Crippen molar-refractivity contribution in [2.45, 2.75) is 32.6 Å². The molecule has 0 aliphatic carbocycles. The van der Waals surface area contributed by atoms with Crippen LogP contribution in [-0.2, 0) is 0 Å². The van der Waals surface area contributed by atoms with Crippen LogP contribution in [0.4, 0.5) is 5.88 Å². The van der Waals surface area contributed by atoms with Crippen molar-refractivity contribution in [1.29, 1.82) is 5.26 Å². The maximum atomic E-state index is 9.11. The summed E-state index contributed by atoms with van der Waals surface area (Å²) >= 11 is 0. The molecule has 0 radical (unpaired) electrons. The minimum atomic E-state index is 0.228. The van der Waals surface area contributed by atoms with Crippen LogP contribution < -0.4 is 5.43 Å². The van der Waals surface area contributed by atoms with Crippen LogP contribution >= 0.6 is 0 Å². The summed E-state index contributed by atoms with van der Waals surface area (Å²) in [5.41, 5.74) is 3.95. The first kappa shape index (κ1) is 14.8. The summed E-state index contributed by atoms with van der Waals surface area (Å²) in [6, 6.07) is 11.7. The summed E-state index contributed by atoms with van der Waals surface area (Å²) in [6.07, 6.45) is 3.52. The molecule has 0 aliphatic rings. The number of hydrogen-bond acceptors (Lipinski definition) is 5. The molecule has 0 spiro atoms. The summed E-state index contributed by atoms with van der Waals surface area (Å²) in [5.74, 6) is 1.12. The van der Waals surface area contributed by atoms with E-state index in [9.17, 15) is 0 Å². The first-order chi connectivity index (χ1) is 10.3. The van der Waals surface area contributed by atoms with E-state index in [1.165, 1.54) is 0 Å². The zero-order valence-corrected chi connectivity index (χ0v) is 12.2. The number of rotatable bonds is 6. The van der Waals surface area contributed by atoms with Crippen molar-refractivity contribution >= 4 is 12.1 Å². The van der Waals surface area contributed by atoms with E-state index in [4.69, 9.17) is 9.68 Å². The smallest absolute Gasteiger partial charge is 0.252 e. The van der Waals surface area contributed by atoms with Crippen molar-refractivity contribution < 1.29 is 4.42 Å². The first-order valence-electron chi connectivity index (χ1n) is 7.03. The van der Waals surface area contributed by atoms with Gasteiger partial charge >= 0.3 is 0 Å². The number of aromatic nitrogens is 1. The molecule has 2 rings (SSSR count). The van der Waals surface area contributed by atoms with Gasteiger partial charge in [-0.15, -0.1) is 0 Å². The predicted octanol–water partition coefficient (Wildman–Crippen LogP) is 3.90. The van der Waals surface area contributed by atoms with Crippen molar-refractivity contribution in [2.24, 2.45) is 5.10 Å². The molecule has 0 saturated carbocycles. The Labute approximate surface area is 124 Å². The molecule has 0 amide bonds. The maximum absolute atomic E-state index is 9.11. The lowest BCUT2D eigenvalue weighted by molar-refractivity contribution is 0.439. The van der Waals surface area contributed by atoms with Crippen LogP contribution in [0.1, 0.15) is 49.8 Å². The summed E-state index contributed by atoms with van der Waals surface area (Å²) in [4.78, 5) is 4.23. The molecule has 1 N–H and O–H groups in total. The van der Waals surface area contributed by atoms with Crippen LogP contribution in [0.5, 0.6) is 0 Å². The zero-order valence-electron chi connectivity index (χ0n) is 12.2. The molecule has 5 nitrogen and oxygen atoms in total. The Hall–Kier alpha value is -2.61. The largest absolute Gasteiger partial charge is 0.422 e. The minimum Gasteiger partial charge on any atom is -0.422 e. The number of benzene rings is 1. The fourth-order valence-corrected chi connectivity index (χ4v) is 2.01. The summed E-state index contributed by atoms with van der Waals surface area (Å²) in [6.45, 7) is 4.15. The number of hydrazone groups is 1. The number of oxazole rings is 1. The number of nitriles is 1. The predicted molar refractivity (Wildman–Crippen MR) is 82.2 cm³/mol. The molecule has 1 aromatic carbocycles. The molecule has 21 heavy (non-hydrogen) atoms. The highest BCUT2D eigenvalue weighted by molar-refractivity contribution is 5.79. The van der Waals surface area contributed by atoms with Gasteiger partial charge in [-0.25, -0.2) is 10.4 Å². The lowest BCUT2D eigenvalue weighted by atomic mass is 10.0. The van der Waals surface area contributed by atoms with Crippen molar-refractivity contribution in [3.8, 4) is 6.07 Å². The van der Waals surface area contributed by atoms with E-state index in [-0.39, 0.29) is 11.6 Å². The van der Waals surface area contributed by atoms with E-state index in [0.717, 1.165) is 18.4 Å². The lowest BCUT2D eigenvalue weighted by Gasteiger charge is -2.05. The third-order valence-corrected chi connectivity index (χ3v) is 3.26. The van der Waals surface area contributed by atoms with Gasteiger partial charge in [-0.1, -0.05) is 44.2 Å². The molecule has 5 heteroatoms. The fraction of sp³-hybridized carbons (Fsp3) is 0.312. The third-order valence-electron chi connectivity index (χ3n) is 3.26. The molecular formula is C16H18N4O. The SMILES string of the molecule is CCC(CC)c1nc(C#N)c(N/N=C/c2ccccc2)o1. The van der Waals surface area contributed by atoms with Crippen LogP contribution in [0.15, 0.2) is 39.9 Å². The van der Waals surface area contributed by atoms with Gasteiger partial charge in [0.1, 0.15) is 6.07 Å². The Morgan fingerprint density at radius 3 is 2.67 bits per heavy atom. The molecule has 0 atom stereocenters. The Bertz CT molecular complexity index is 636. The second-order valence-corrected chi connectivity index (χ2v) is 4.64. The highest BCUT2D eigenvalue weighted by Gasteiger charge is 2.18. The van der Waals surface area contributed by atoms with E-state index in [2.05, 4.69) is 29.4 Å². The molecule has 108 valence electrons. The first-order valence-corrected chi connectivity index (χ1v) is 7.03. The van der Waals surface area contributed by atoms with Crippen molar-refractivity contribution in [3.63, 3.8) is 0 Å². The molecule has 0 aliphatic heterocycles. The second-order valence-electron chi connectivity index (χ2n) is 4.64. The molecule has 0 saturated heterocycles. The molecule has 0 unspecified atom stereocenters. The average molecular weight is 282 g/mol. The average Bonchev–Trinajstić information content (AvgIpc) is 2.93. The Kier molecular flexibility index (Phi) is 5.10. The Balaban J connectivity index is 2.13. The lowest BCUT2D eigenvalue weighted by Crippen LogP contribution is -1.95. The van der Waals surface area contributed by atoms with Crippen LogP contribution in [0.3, 0.4) is 0 Å². The Morgan fingerprint density at radius 1 is 1.33 bits per heavy atom. The molecule has 1 aromatic heterocycles. The molecule has 2 aromatic rings. The standard InChI is InChI=1S/C16H18N4O/c1-3-13(4-2)15-19-14(10-17)16(21-15)20-18-11-12-8-6-5-7-9-12/h5-9,11,13,20H,3-4H2,1-2H3/b18-11+. The quantitative estimate of drug-likeness (QED) is 0.644. The second kappa shape index (κ2) is 7.25. The molecule has 1 heterocycles. The number of nitrogens with zero attached hydrogens (tertiary/aromatic N) is 3. The third kappa shape index (κ3) is 3.69. The fourth-order valence-electron chi connectivity index (χ4n) is 2.01. The van der Waals surface area contributed by atoms with Crippen LogP contribution in [0.2, 0.25) is 0 Å². The molecule has 0 fully saturated rings. The van der Waals surface area contributed by atoms with Gasteiger partial charge in [0.15, 0.2) is 0 Å². The van der Waals surface area contributed by atoms with Crippen molar-refractivity contribution in [1.82, 2.24) is 4.98 Å². The van der Waals surface area contributed by atoms with E-state index < -0.39 is 0 Å². The summed E-state index contributed by atoms with van der Waals surface area (Å²) in [5, 5.41) is 13.2. The van der Waals surface area contributed by atoms with Crippen LogP contribution in [-0.4, -0.2) is 11.2 Å². The van der Waals surface area contributed by atoms with Gasteiger partial charge in [0, 0.05) is 5.92 Å². The minimum absolute atomic E-state index is 0.228. The molecule has 0 bridgehead atoms. The van der Waals surface area contributed by atoms with Gasteiger partial charge in [0.25, 0.3) is 5.88 Å². The monoisotopic (exact) mass is 282 g/mol. The van der Waals surface area contributed by atoms with Crippen LogP contribution in [0, 0.1) is 11.3 Å². The van der Waals surface area contributed by atoms with Gasteiger partial charge in [-0.2, -0.15) is 10.4 Å². The van der Waals surface area contributed by atoms with Gasteiger partial charge in [0.05, 0.1) is 6.21 Å². The van der Waals surface area contributed by atoms with Crippen molar-refractivity contribution in [3.05, 3.63) is 47.5 Å². The zero-order chi connectivity index (χ0) is 15.1. The van der Waals surface area contributed by atoms with E-state index in [1.54, 1.807) is 6.21 Å². The van der Waals surface area contributed by atoms with E-state index in [0.29, 0.717) is 11.8 Å². The van der Waals surface area contributed by atoms with E-state index in [1.807, 2.05) is 36.4 Å².